The van der Waals surface area contributed by atoms with Gasteiger partial charge in [-0.15, -0.1) is 0 Å². The molecule has 0 aliphatic heterocycles. The van der Waals surface area contributed by atoms with E-state index < -0.39 is 0 Å². The quantitative estimate of drug-likeness (QED) is 0.810. The number of halogens is 1. The van der Waals surface area contributed by atoms with Gasteiger partial charge in [0.05, 0.1) is 0 Å². The first-order valence-corrected chi connectivity index (χ1v) is 6.51. The van der Waals surface area contributed by atoms with E-state index in [4.69, 9.17) is 5.73 Å². The highest BCUT2D eigenvalue weighted by atomic mass is 79.9. The van der Waals surface area contributed by atoms with Gasteiger partial charge < -0.3 is 5.73 Å². The Morgan fingerprint density at radius 3 is 2.40 bits per heavy atom. The minimum Gasteiger partial charge on any atom is -0.325 e. The van der Waals surface area contributed by atoms with Crippen molar-refractivity contribution >= 4 is 15.9 Å². The molecule has 2 N–H and O–H groups in total. The largest absolute Gasteiger partial charge is 0.325 e. The minimum absolute atomic E-state index is 0.236. The maximum absolute atomic E-state index is 6.04. The van der Waals surface area contributed by atoms with Crippen molar-refractivity contribution in [3.05, 3.63) is 34.3 Å². The summed E-state index contributed by atoms with van der Waals surface area (Å²) in [4.78, 5) is 0. The lowest BCUT2D eigenvalue weighted by atomic mass is 10.0. The average molecular weight is 268 g/mol. The predicted octanol–water partition coefficient (Wildman–Crippen LogP) is 3.65. The van der Waals surface area contributed by atoms with E-state index in [0.717, 1.165) is 4.47 Å². The number of nitrogens with two attached hydrogens (primary N) is 1. The molecule has 1 aromatic carbocycles. The van der Waals surface area contributed by atoms with Gasteiger partial charge in [-0.3, -0.25) is 0 Å². The fourth-order valence-corrected chi connectivity index (χ4v) is 2.13. The van der Waals surface area contributed by atoms with Crippen LogP contribution in [-0.2, 0) is 6.42 Å². The highest BCUT2D eigenvalue weighted by Crippen LogP contribution is 2.37. The lowest BCUT2D eigenvalue weighted by Crippen LogP contribution is -2.20. The number of benzene rings is 1. The molecule has 1 fully saturated rings. The van der Waals surface area contributed by atoms with Crippen LogP contribution in [0.1, 0.15) is 37.7 Å². The number of aryl methyl sites for hydroxylation is 1. The van der Waals surface area contributed by atoms with Gasteiger partial charge >= 0.3 is 0 Å². The second-order valence-electron chi connectivity index (χ2n) is 4.70. The van der Waals surface area contributed by atoms with Crippen molar-refractivity contribution in [1.82, 2.24) is 0 Å². The molecule has 82 valence electrons. The highest BCUT2D eigenvalue weighted by Gasteiger charge is 2.36. The van der Waals surface area contributed by atoms with E-state index in [2.05, 4.69) is 40.2 Å². The Kier molecular flexibility index (Phi) is 3.47. The van der Waals surface area contributed by atoms with Crippen molar-refractivity contribution in [3.8, 4) is 0 Å². The van der Waals surface area contributed by atoms with Gasteiger partial charge in [-0.05, 0) is 49.8 Å². The van der Waals surface area contributed by atoms with E-state index in [1.165, 1.54) is 44.1 Å². The van der Waals surface area contributed by atoms with Crippen LogP contribution >= 0.6 is 15.9 Å². The first-order valence-electron chi connectivity index (χ1n) is 5.71. The molecular formula is C13H18BrN. The zero-order chi connectivity index (χ0) is 10.7. The summed E-state index contributed by atoms with van der Waals surface area (Å²) in [6.07, 6.45) is 7.41. The fourth-order valence-electron chi connectivity index (χ4n) is 1.87. The average Bonchev–Trinajstić information content (AvgIpc) is 2.95. The van der Waals surface area contributed by atoms with E-state index in [0.29, 0.717) is 0 Å². The molecule has 2 heteroatoms. The zero-order valence-electron chi connectivity index (χ0n) is 9.01. The van der Waals surface area contributed by atoms with Crippen LogP contribution in [-0.4, -0.2) is 5.54 Å². The van der Waals surface area contributed by atoms with Crippen LogP contribution in [0.3, 0.4) is 0 Å². The molecule has 0 bridgehead atoms. The third kappa shape index (κ3) is 3.62. The molecule has 15 heavy (non-hydrogen) atoms. The SMILES string of the molecule is NC1(CCCCc2ccc(Br)cc2)CC1. The van der Waals surface area contributed by atoms with Crippen molar-refractivity contribution in [2.45, 2.75) is 44.1 Å². The number of unbranched alkanes of at least 4 members (excludes halogenated alkanes) is 1. The first kappa shape index (κ1) is 11.2. The summed E-state index contributed by atoms with van der Waals surface area (Å²) in [7, 11) is 0. The van der Waals surface area contributed by atoms with Crippen LogP contribution in [0.5, 0.6) is 0 Å². The van der Waals surface area contributed by atoms with E-state index in [-0.39, 0.29) is 5.54 Å². The fraction of sp³-hybridized carbons (Fsp3) is 0.538. The molecule has 1 saturated carbocycles. The van der Waals surface area contributed by atoms with Crippen molar-refractivity contribution in [2.24, 2.45) is 5.73 Å². The molecule has 0 aromatic heterocycles. The maximum atomic E-state index is 6.04. The number of rotatable bonds is 5. The van der Waals surface area contributed by atoms with Gasteiger partial charge in [0.2, 0.25) is 0 Å². The summed E-state index contributed by atoms with van der Waals surface area (Å²) >= 11 is 3.45. The number of hydrogen-bond acceptors (Lipinski definition) is 1. The standard InChI is InChI=1S/C13H18BrN/c14-12-6-4-11(5-7-12)3-1-2-8-13(15)9-10-13/h4-7H,1-3,8-10,15H2. The van der Waals surface area contributed by atoms with Crippen molar-refractivity contribution in [1.29, 1.82) is 0 Å². The summed E-state index contributed by atoms with van der Waals surface area (Å²) in [6.45, 7) is 0. The van der Waals surface area contributed by atoms with Crippen LogP contribution in [0.15, 0.2) is 28.7 Å². The molecule has 0 atom stereocenters. The highest BCUT2D eigenvalue weighted by molar-refractivity contribution is 9.10. The second-order valence-corrected chi connectivity index (χ2v) is 5.61. The van der Waals surface area contributed by atoms with Crippen LogP contribution in [0.25, 0.3) is 0 Å². The lowest BCUT2D eigenvalue weighted by Gasteiger charge is -2.07. The molecule has 1 nitrogen and oxygen atoms in total. The molecule has 0 spiro atoms. The topological polar surface area (TPSA) is 26.0 Å². The summed E-state index contributed by atoms with van der Waals surface area (Å²) in [5.74, 6) is 0. The summed E-state index contributed by atoms with van der Waals surface area (Å²) in [5, 5.41) is 0. The second kappa shape index (κ2) is 4.67. The van der Waals surface area contributed by atoms with Gasteiger partial charge in [0.25, 0.3) is 0 Å². The van der Waals surface area contributed by atoms with Crippen molar-refractivity contribution in [2.75, 3.05) is 0 Å². The third-order valence-electron chi connectivity index (χ3n) is 3.20. The monoisotopic (exact) mass is 267 g/mol. The Morgan fingerprint density at radius 1 is 1.13 bits per heavy atom. The van der Waals surface area contributed by atoms with Gasteiger partial charge in [0, 0.05) is 10.0 Å². The molecule has 0 radical (unpaired) electrons. The lowest BCUT2D eigenvalue weighted by molar-refractivity contribution is 0.556. The molecule has 0 amide bonds. The molecule has 1 aliphatic rings. The zero-order valence-corrected chi connectivity index (χ0v) is 10.6. The molecule has 0 saturated heterocycles. The van der Waals surface area contributed by atoms with E-state index in [1.807, 2.05) is 0 Å². The molecule has 0 heterocycles. The van der Waals surface area contributed by atoms with Crippen LogP contribution in [0.4, 0.5) is 0 Å². The summed E-state index contributed by atoms with van der Waals surface area (Å²) in [6, 6.07) is 8.61. The number of hydrogen-bond donors (Lipinski definition) is 1. The van der Waals surface area contributed by atoms with Gasteiger partial charge in [0.1, 0.15) is 0 Å². The van der Waals surface area contributed by atoms with Gasteiger partial charge in [-0.1, -0.05) is 34.5 Å². The first-order chi connectivity index (χ1) is 7.18. The minimum atomic E-state index is 0.236. The van der Waals surface area contributed by atoms with E-state index >= 15 is 0 Å². The van der Waals surface area contributed by atoms with Crippen molar-refractivity contribution in [3.63, 3.8) is 0 Å². The van der Waals surface area contributed by atoms with E-state index in [1.54, 1.807) is 0 Å². The maximum Gasteiger partial charge on any atom is 0.0175 e. The Hall–Kier alpha value is -0.340. The molecule has 0 unspecified atom stereocenters. The van der Waals surface area contributed by atoms with Crippen molar-refractivity contribution < 1.29 is 0 Å². The van der Waals surface area contributed by atoms with Gasteiger partial charge in [-0.25, -0.2) is 0 Å². The van der Waals surface area contributed by atoms with E-state index in [9.17, 15) is 0 Å². The molecule has 1 aliphatic carbocycles. The Labute approximate surface area is 100 Å². The summed E-state index contributed by atoms with van der Waals surface area (Å²) in [5.41, 5.74) is 7.71. The molecule has 1 aromatic rings. The van der Waals surface area contributed by atoms with Gasteiger partial charge in [-0.2, -0.15) is 0 Å². The Bertz CT molecular complexity index is 314. The summed E-state index contributed by atoms with van der Waals surface area (Å²) < 4.78 is 1.16. The van der Waals surface area contributed by atoms with Crippen LogP contribution in [0, 0.1) is 0 Å². The Balaban J connectivity index is 1.67. The third-order valence-corrected chi connectivity index (χ3v) is 3.72. The molecular weight excluding hydrogens is 250 g/mol. The predicted molar refractivity (Wildman–Crippen MR) is 67.8 cm³/mol. The smallest absolute Gasteiger partial charge is 0.0175 e. The van der Waals surface area contributed by atoms with Gasteiger partial charge in [0.15, 0.2) is 0 Å². The Morgan fingerprint density at radius 2 is 1.80 bits per heavy atom. The van der Waals surface area contributed by atoms with Crippen LogP contribution in [0.2, 0.25) is 0 Å². The normalized spacial score (nSPS) is 17.7. The molecule has 2 rings (SSSR count). The van der Waals surface area contributed by atoms with Crippen LogP contribution < -0.4 is 5.73 Å².